The second kappa shape index (κ2) is 5.16. The molecule has 0 bridgehead atoms. The molecule has 0 aliphatic carbocycles. The van der Waals surface area contributed by atoms with Crippen LogP contribution in [0.1, 0.15) is 29.1 Å². The smallest absolute Gasteiger partial charge is 0.354 e. The molecule has 0 fully saturated rings. The highest BCUT2D eigenvalue weighted by molar-refractivity contribution is 5.94. The topological polar surface area (TPSA) is 102 Å². The van der Waals surface area contributed by atoms with Crippen LogP contribution in [0.5, 0.6) is 0 Å². The molecule has 0 spiro atoms. The van der Waals surface area contributed by atoms with Crippen molar-refractivity contribution in [3.8, 4) is 0 Å². The van der Waals surface area contributed by atoms with Crippen LogP contribution in [0.4, 0.5) is 5.69 Å². The van der Waals surface area contributed by atoms with Crippen LogP contribution in [0.3, 0.4) is 0 Å². The Balaban J connectivity index is 2.18. The van der Waals surface area contributed by atoms with Gasteiger partial charge in [0.05, 0.1) is 11.4 Å². The van der Waals surface area contributed by atoms with Crippen molar-refractivity contribution in [3.63, 3.8) is 0 Å². The van der Waals surface area contributed by atoms with Gasteiger partial charge in [-0.25, -0.2) is 9.48 Å². The highest BCUT2D eigenvalue weighted by Gasteiger charge is 2.22. The summed E-state index contributed by atoms with van der Waals surface area (Å²) in [5.74, 6) is -1.48. The second-order valence-corrected chi connectivity index (χ2v) is 4.43. The van der Waals surface area contributed by atoms with E-state index in [1.54, 1.807) is 31.8 Å². The summed E-state index contributed by atoms with van der Waals surface area (Å²) < 4.78 is 2.76. The predicted molar refractivity (Wildman–Crippen MR) is 70.5 cm³/mol. The summed E-state index contributed by atoms with van der Waals surface area (Å²) in [7, 11) is 1.75. The fraction of sp³-hybridized carbons (Fsp3) is 0.333. The fourth-order valence-corrected chi connectivity index (χ4v) is 1.86. The van der Waals surface area contributed by atoms with Crippen LogP contribution in [0.25, 0.3) is 0 Å². The lowest BCUT2D eigenvalue weighted by atomic mass is 10.3. The molecule has 0 saturated heterocycles. The normalized spacial score (nSPS) is 12.2. The van der Waals surface area contributed by atoms with E-state index >= 15 is 0 Å². The van der Waals surface area contributed by atoms with Gasteiger partial charge in [0.1, 0.15) is 11.7 Å². The van der Waals surface area contributed by atoms with Gasteiger partial charge >= 0.3 is 5.97 Å². The minimum Gasteiger partial charge on any atom is -0.477 e. The standard InChI is InChI=1S/C12H15N5O3/c1-7-9(6-16(3)15-7)14-11(18)8(2)17-10(12(19)20)4-5-13-17/h4-6,8H,1-3H3,(H,14,18)(H,19,20). The Bertz CT molecular complexity index is 658. The van der Waals surface area contributed by atoms with Gasteiger partial charge < -0.3 is 10.4 Å². The van der Waals surface area contributed by atoms with Crippen LogP contribution in [0.15, 0.2) is 18.5 Å². The molecule has 0 radical (unpaired) electrons. The van der Waals surface area contributed by atoms with Gasteiger partial charge in [-0.1, -0.05) is 0 Å². The second-order valence-electron chi connectivity index (χ2n) is 4.43. The number of aromatic carboxylic acids is 1. The first kappa shape index (κ1) is 13.8. The summed E-state index contributed by atoms with van der Waals surface area (Å²) in [5.41, 5.74) is 1.25. The molecule has 1 unspecified atom stereocenters. The van der Waals surface area contributed by atoms with Crippen molar-refractivity contribution in [2.75, 3.05) is 5.32 Å². The lowest BCUT2D eigenvalue weighted by molar-refractivity contribution is -0.119. The summed E-state index contributed by atoms with van der Waals surface area (Å²) in [5, 5.41) is 19.7. The largest absolute Gasteiger partial charge is 0.477 e. The number of nitrogens with zero attached hydrogens (tertiary/aromatic N) is 4. The Kier molecular flexibility index (Phi) is 3.55. The average Bonchev–Trinajstić information content (AvgIpc) is 2.95. The van der Waals surface area contributed by atoms with Crippen LogP contribution < -0.4 is 5.32 Å². The number of hydrogen-bond donors (Lipinski definition) is 2. The number of anilines is 1. The van der Waals surface area contributed by atoms with Crippen molar-refractivity contribution < 1.29 is 14.7 Å². The van der Waals surface area contributed by atoms with Crippen molar-refractivity contribution in [2.45, 2.75) is 19.9 Å². The summed E-state index contributed by atoms with van der Waals surface area (Å²) in [6.07, 6.45) is 3.03. The van der Waals surface area contributed by atoms with E-state index < -0.39 is 12.0 Å². The van der Waals surface area contributed by atoms with Crippen molar-refractivity contribution in [1.29, 1.82) is 0 Å². The molecule has 0 aliphatic rings. The van der Waals surface area contributed by atoms with E-state index in [1.165, 1.54) is 16.9 Å². The SMILES string of the molecule is Cc1nn(C)cc1NC(=O)C(C)n1nccc1C(=O)O. The molecule has 2 rings (SSSR count). The maximum absolute atomic E-state index is 12.1. The number of hydrogen-bond acceptors (Lipinski definition) is 4. The molecule has 2 heterocycles. The number of carbonyl (C=O) groups is 2. The van der Waals surface area contributed by atoms with Gasteiger partial charge in [-0.3, -0.25) is 9.48 Å². The third kappa shape index (κ3) is 2.53. The van der Waals surface area contributed by atoms with Gasteiger partial charge in [-0.15, -0.1) is 0 Å². The lowest BCUT2D eigenvalue weighted by Gasteiger charge is -2.13. The third-order valence-electron chi connectivity index (χ3n) is 2.91. The Morgan fingerprint density at radius 3 is 2.70 bits per heavy atom. The maximum Gasteiger partial charge on any atom is 0.354 e. The Labute approximate surface area is 115 Å². The van der Waals surface area contributed by atoms with Gasteiger partial charge in [0.25, 0.3) is 0 Å². The van der Waals surface area contributed by atoms with E-state index in [0.717, 1.165) is 0 Å². The zero-order valence-corrected chi connectivity index (χ0v) is 11.4. The predicted octanol–water partition coefficient (Wildman–Crippen LogP) is 0.823. The fourth-order valence-electron chi connectivity index (χ4n) is 1.86. The molecule has 8 heteroatoms. The summed E-state index contributed by atoms with van der Waals surface area (Å²) in [6.45, 7) is 3.36. The van der Waals surface area contributed by atoms with E-state index in [2.05, 4.69) is 15.5 Å². The van der Waals surface area contributed by atoms with Gasteiger partial charge in [0, 0.05) is 19.4 Å². The molecular weight excluding hydrogens is 262 g/mol. The van der Waals surface area contributed by atoms with E-state index in [-0.39, 0.29) is 11.6 Å². The molecule has 1 amide bonds. The Hall–Kier alpha value is -2.64. The summed E-state index contributed by atoms with van der Waals surface area (Å²) in [4.78, 5) is 23.2. The Morgan fingerprint density at radius 2 is 2.15 bits per heavy atom. The van der Waals surface area contributed by atoms with E-state index in [9.17, 15) is 9.59 Å². The van der Waals surface area contributed by atoms with Crippen molar-refractivity contribution in [3.05, 3.63) is 29.8 Å². The number of aryl methyl sites for hydroxylation is 2. The first-order valence-electron chi connectivity index (χ1n) is 5.98. The van der Waals surface area contributed by atoms with Crippen molar-refractivity contribution >= 4 is 17.6 Å². The van der Waals surface area contributed by atoms with Gasteiger partial charge in [0.15, 0.2) is 0 Å². The molecule has 20 heavy (non-hydrogen) atoms. The van der Waals surface area contributed by atoms with E-state index in [0.29, 0.717) is 11.4 Å². The molecular formula is C12H15N5O3. The number of carbonyl (C=O) groups excluding carboxylic acids is 1. The molecule has 0 aromatic carbocycles. The average molecular weight is 277 g/mol. The van der Waals surface area contributed by atoms with Crippen molar-refractivity contribution in [2.24, 2.45) is 7.05 Å². The molecule has 0 aliphatic heterocycles. The Morgan fingerprint density at radius 1 is 1.45 bits per heavy atom. The monoisotopic (exact) mass is 277 g/mol. The lowest BCUT2D eigenvalue weighted by Crippen LogP contribution is -2.26. The quantitative estimate of drug-likeness (QED) is 0.861. The van der Waals surface area contributed by atoms with E-state index in [4.69, 9.17) is 5.11 Å². The number of carboxylic acids is 1. The van der Waals surface area contributed by atoms with Gasteiger partial charge in [-0.2, -0.15) is 10.2 Å². The number of amides is 1. The number of aromatic nitrogens is 4. The number of rotatable bonds is 4. The summed E-state index contributed by atoms with van der Waals surface area (Å²) >= 11 is 0. The third-order valence-corrected chi connectivity index (χ3v) is 2.91. The molecule has 8 nitrogen and oxygen atoms in total. The highest BCUT2D eigenvalue weighted by Crippen LogP contribution is 2.16. The van der Waals surface area contributed by atoms with Crippen molar-refractivity contribution in [1.82, 2.24) is 19.6 Å². The molecule has 2 aromatic rings. The molecule has 0 saturated carbocycles. The van der Waals surface area contributed by atoms with Crippen LogP contribution in [-0.2, 0) is 11.8 Å². The zero-order valence-electron chi connectivity index (χ0n) is 11.4. The first-order valence-corrected chi connectivity index (χ1v) is 5.98. The molecule has 2 N–H and O–H groups in total. The molecule has 2 aromatic heterocycles. The number of nitrogens with one attached hydrogen (secondary N) is 1. The maximum atomic E-state index is 12.1. The van der Waals surface area contributed by atoms with Crippen LogP contribution in [0, 0.1) is 6.92 Å². The van der Waals surface area contributed by atoms with Gasteiger partial charge in [-0.05, 0) is 19.9 Å². The van der Waals surface area contributed by atoms with Crippen LogP contribution in [0.2, 0.25) is 0 Å². The number of carboxylic acid groups (broad SMARTS) is 1. The minimum absolute atomic E-state index is 0.0319. The summed E-state index contributed by atoms with van der Waals surface area (Å²) in [6, 6.07) is 0.609. The van der Waals surface area contributed by atoms with Crippen LogP contribution in [-0.4, -0.2) is 36.5 Å². The minimum atomic E-state index is -1.13. The van der Waals surface area contributed by atoms with Crippen LogP contribution >= 0.6 is 0 Å². The van der Waals surface area contributed by atoms with Gasteiger partial charge in [0.2, 0.25) is 5.91 Å². The van der Waals surface area contributed by atoms with E-state index in [1.807, 2.05) is 0 Å². The molecule has 106 valence electrons. The molecule has 1 atom stereocenters. The first-order chi connectivity index (χ1) is 9.40. The highest BCUT2D eigenvalue weighted by atomic mass is 16.4. The zero-order chi connectivity index (χ0) is 14.9.